The van der Waals surface area contributed by atoms with E-state index in [2.05, 4.69) is 20.3 Å². The second kappa shape index (κ2) is 7.55. The van der Waals surface area contributed by atoms with Crippen molar-refractivity contribution in [2.45, 2.75) is 11.3 Å². The van der Waals surface area contributed by atoms with E-state index in [1.807, 2.05) is 0 Å². The van der Waals surface area contributed by atoms with Crippen molar-refractivity contribution in [2.24, 2.45) is 7.05 Å². The van der Waals surface area contributed by atoms with Gasteiger partial charge in [0.05, 0.1) is 18.4 Å². The molecule has 2 aromatic rings. The Labute approximate surface area is 144 Å². The molecular weight excluding hydrogens is 361 g/mol. The molecule has 0 saturated heterocycles. The summed E-state index contributed by atoms with van der Waals surface area (Å²) in [6.07, 6.45) is -4.61. The standard InChI is InChI=1S/C14H13F3N4O3S/c1-21-12(14(15,16)17)19-20-13(21)25-7-10(22)18-9-5-3-8(4-6-9)11(23)24-2/h3-6H,7H2,1-2H3,(H,18,22). The number of hydrogen-bond acceptors (Lipinski definition) is 6. The predicted molar refractivity (Wildman–Crippen MR) is 83.1 cm³/mol. The Bertz CT molecular complexity index is 775. The first-order valence-corrected chi connectivity index (χ1v) is 7.78. The summed E-state index contributed by atoms with van der Waals surface area (Å²) in [4.78, 5) is 23.2. The zero-order chi connectivity index (χ0) is 18.6. The first-order chi connectivity index (χ1) is 11.7. The second-order valence-corrected chi connectivity index (χ2v) is 5.71. The number of aromatic nitrogens is 3. The van der Waals surface area contributed by atoms with Gasteiger partial charge in [0.1, 0.15) is 0 Å². The van der Waals surface area contributed by atoms with Gasteiger partial charge in [-0.3, -0.25) is 4.79 Å². The van der Waals surface area contributed by atoms with Crippen LogP contribution in [0.2, 0.25) is 0 Å². The van der Waals surface area contributed by atoms with Crippen molar-refractivity contribution < 1.29 is 27.5 Å². The summed E-state index contributed by atoms with van der Waals surface area (Å²) in [5, 5.41) is 9.04. The zero-order valence-corrected chi connectivity index (χ0v) is 13.9. The molecule has 0 atom stereocenters. The minimum absolute atomic E-state index is 0.0245. The van der Waals surface area contributed by atoms with Gasteiger partial charge in [0.2, 0.25) is 11.7 Å². The van der Waals surface area contributed by atoms with E-state index in [0.717, 1.165) is 16.3 Å². The Balaban J connectivity index is 1.93. The van der Waals surface area contributed by atoms with Crippen LogP contribution in [0, 0.1) is 0 Å². The van der Waals surface area contributed by atoms with E-state index in [1.165, 1.54) is 38.4 Å². The van der Waals surface area contributed by atoms with Crippen LogP contribution in [0.4, 0.5) is 18.9 Å². The van der Waals surface area contributed by atoms with E-state index in [4.69, 9.17) is 0 Å². The van der Waals surface area contributed by atoms with Gasteiger partial charge < -0.3 is 14.6 Å². The van der Waals surface area contributed by atoms with Gasteiger partial charge in [0.25, 0.3) is 0 Å². The lowest BCUT2D eigenvalue weighted by atomic mass is 10.2. The van der Waals surface area contributed by atoms with Crippen molar-refractivity contribution in [3.05, 3.63) is 35.7 Å². The number of hydrogen-bond donors (Lipinski definition) is 1. The Kier molecular flexibility index (Phi) is 5.67. The predicted octanol–water partition coefficient (Wildman–Crippen LogP) is 2.35. The van der Waals surface area contributed by atoms with Crippen molar-refractivity contribution in [3.8, 4) is 0 Å². The highest BCUT2D eigenvalue weighted by Crippen LogP contribution is 2.29. The Morgan fingerprint density at radius 3 is 2.40 bits per heavy atom. The van der Waals surface area contributed by atoms with Crippen LogP contribution in [0.5, 0.6) is 0 Å². The lowest BCUT2D eigenvalue weighted by Gasteiger charge is -2.07. The minimum Gasteiger partial charge on any atom is -0.465 e. The van der Waals surface area contributed by atoms with Crippen LogP contribution < -0.4 is 5.32 Å². The molecule has 134 valence electrons. The lowest BCUT2D eigenvalue weighted by molar-refractivity contribution is -0.147. The molecule has 1 heterocycles. The molecule has 1 aromatic heterocycles. The Hall–Kier alpha value is -2.56. The van der Waals surface area contributed by atoms with Crippen LogP contribution >= 0.6 is 11.8 Å². The monoisotopic (exact) mass is 374 g/mol. The van der Waals surface area contributed by atoms with Gasteiger partial charge >= 0.3 is 12.1 Å². The molecule has 0 aliphatic heterocycles. The molecular formula is C14H13F3N4O3S. The summed E-state index contributed by atoms with van der Waals surface area (Å²) in [6.45, 7) is 0. The molecule has 0 spiro atoms. The first kappa shape index (κ1) is 18.8. The van der Waals surface area contributed by atoms with Gasteiger partial charge in [-0.1, -0.05) is 11.8 Å². The first-order valence-electron chi connectivity index (χ1n) is 6.80. The molecule has 1 aromatic carbocycles. The molecule has 0 aliphatic rings. The summed E-state index contributed by atoms with van der Waals surface area (Å²) in [6, 6.07) is 5.98. The summed E-state index contributed by atoms with van der Waals surface area (Å²) in [5.74, 6) is -2.22. The molecule has 2 rings (SSSR count). The number of nitrogens with zero attached hydrogens (tertiary/aromatic N) is 3. The van der Waals surface area contributed by atoms with Gasteiger partial charge in [0.15, 0.2) is 5.16 Å². The van der Waals surface area contributed by atoms with Crippen LogP contribution in [-0.2, 0) is 22.8 Å². The topological polar surface area (TPSA) is 86.1 Å². The van der Waals surface area contributed by atoms with Gasteiger partial charge in [-0.05, 0) is 24.3 Å². The third-order valence-electron chi connectivity index (χ3n) is 3.01. The highest BCUT2D eigenvalue weighted by Gasteiger charge is 2.37. The van der Waals surface area contributed by atoms with Gasteiger partial charge in [-0.15, -0.1) is 10.2 Å². The van der Waals surface area contributed by atoms with E-state index >= 15 is 0 Å². The molecule has 11 heteroatoms. The molecule has 25 heavy (non-hydrogen) atoms. The van der Waals surface area contributed by atoms with E-state index in [-0.39, 0.29) is 10.9 Å². The largest absolute Gasteiger partial charge is 0.465 e. The molecule has 1 N–H and O–H groups in total. The molecule has 0 bridgehead atoms. The summed E-state index contributed by atoms with van der Waals surface area (Å²) in [5.41, 5.74) is 0.765. The maximum absolute atomic E-state index is 12.6. The Morgan fingerprint density at radius 1 is 1.24 bits per heavy atom. The van der Waals surface area contributed by atoms with E-state index in [9.17, 15) is 22.8 Å². The quantitative estimate of drug-likeness (QED) is 0.639. The van der Waals surface area contributed by atoms with Crippen molar-refractivity contribution in [2.75, 3.05) is 18.2 Å². The average molecular weight is 374 g/mol. The zero-order valence-electron chi connectivity index (χ0n) is 13.1. The third kappa shape index (κ3) is 4.72. The van der Waals surface area contributed by atoms with Crippen LogP contribution in [0.1, 0.15) is 16.2 Å². The van der Waals surface area contributed by atoms with Gasteiger partial charge in [-0.2, -0.15) is 13.2 Å². The maximum Gasteiger partial charge on any atom is 0.451 e. The number of esters is 1. The summed E-state index contributed by atoms with van der Waals surface area (Å²) < 4.78 is 43.2. The van der Waals surface area contributed by atoms with E-state index < -0.39 is 23.9 Å². The normalized spacial score (nSPS) is 11.2. The average Bonchev–Trinajstić information content (AvgIpc) is 2.94. The number of anilines is 1. The fraction of sp³-hybridized carbons (Fsp3) is 0.286. The molecule has 0 radical (unpaired) electrons. The fourth-order valence-electron chi connectivity index (χ4n) is 1.82. The number of ether oxygens (including phenoxy) is 1. The molecule has 7 nitrogen and oxygen atoms in total. The van der Waals surface area contributed by atoms with Crippen LogP contribution in [0.3, 0.4) is 0 Å². The Morgan fingerprint density at radius 2 is 1.88 bits per heavy atom. The van der Waals surface area contributed by atoms with Crippen molar-refractivity contribution >= 4 is 29.3 Å². The van der Waals surface area contributed by atoms with E-state index in [1.54, 1.807) is 0 Å². The molecule has 0 saturated carbocycles. The summed E-state index contributed by atoms with van der Waals surface area (Å²) >= 11 is 0.826. The number of amides is 1. The number of alkyl halides is 3. The number of carbonyl (C=O) groups excluding carboxylic acids is 2. The van der Waals surface area contributed by atoms with Gasteiger partial charge in [0, 0.05) is 12.7 Å². The number of thioether (sulfide) groups is 1. The molecule has 1 amide bonds. The highest BCUT2D eigenvalue weighted by atomic mass is 32.2. The summed E-state index contributed by atoms with van der Waals surface area (Å²) in [7, 11) is 2.43. The van der Waals surface area contributed by atoms with Crippen LogP contribution in [0.15, 0.2) is 29.4 Å². The second-order valence-electron chi connectivity index (χ2n) is 4.77. The van der Waals surface area contributed by atoms with Crippen molar-refractivity contribution in [1.29, 1.82) is 0 Å². The maximum atomic E-state index is 12.6. The number of halogens is 3. The SMILES string of the molecule is COC(=O)c1ccc(NC(=O)CSc2nnc(C(F)(F)F)n2C)cc1. The molecule has 0 fully saturated rings. The minimum atomic E-state index is -4.61. The smallest absolute Gasteiger partial charge is 0.451 e. The fourth-order valence-corrected chi connectivity index (χ4v) is 2.53. The molecule has 0 aliphatic carbocycles. The highest BCUT2D eigenvalue weighted by molar-refractivity contribution is 7.99. The molecule has 0 unspecified atom stereocenters. The number of carbonyl (C=O) groups is 2. The lowest BCUT2D eigenvalue weighted by Crippen LogP contribution is -2.15. The number of nitrogens with one attached hydrogen (secondary N) is 1. The van der Waals surface area contributed by atoms with Gasteiger partial charge in [-0.25, -0.2) is 4.79 Å². The third-order valence-corrected chi connectivity index (χ3v) is 4.03. The van der Waals surface area contributed by atoms with Crippen LogP contribution in [-0.4, -0.2) is 39.5 Å². The van der Waals surface area contributed by atoms with E-state index in [0.29, 0.717) is 11.3 Å². The van der Waals surface area contributed by atoms with Crippen molar-refractivity contribution in [3.63, 3.8) is 0 Å². The van der Waals surface area contributed by atoms with Crippen molar-refractivity contribution in [1.82, 2.24) is 14.8 Å². The number of benzene rings is 1. The van der Waals surface area contributed by atoms with Crippen LogP contribution in [0.25, 0.3) is 0 Å². The number of methoxy groups -OCH3 is 1. The number of rotatable bonds is 5.